The Labute approximate surface area is 114 Å². The largest absolute Gasteiger partial charge is 0.332 e. The summed E-state index contributed by atoms with van der Waals surface area (Å²) in [6.07, 6.45) is 2.47. The number of carbonyl (C=O) groups is 2. The van der Waals surface area contributed by atoms with Gasteiger partial charge in [0.25, 0.3) is 11.6 Å². The Hall–Kier alpha value is -2.44. The zero-order chi connectivity index (χ0) is 14.3. The van der Waals surface area contributed by atoms with Crippen LogP contribution in [0.4, 0.5) is 16.2 Å². The number of amides is 3. The lowest BCUT2D eigenvalue weighted by molar-refractivity contribution is -0.384. The van der Waals surface area contributed by atoms with E-state index in [1.54, 1.807) is 11.0 Å². The van der Waals surface area contributed by atoms with Crippen molar-refractivity contribution in [1.82, 2.24) is 4.90 Å². The van der Waals surface area contributed by atoms with Gasteiger partial charge in [-0.1, -0.05) is 6.07 Å². The summed E-state index contributed by atoms with van der Waals surface area (Å²) in [5.74, 6) is -0.282. The number of carbonyl (C=O) groups excluding carboxylic acids is 2. The Morgan fingerprint density at radius 2 is 2.05 bits per heavy atom. The number of benzene rings is 1. The Balaban J connectivity index is 1.97. The number of anilines is 1. The summed E-state index contributed by atoms with van der Waals surface area (Å²) in [6.45, 7) is 0.570. The minimum Gasteiger partial charge on any atom is -0.312 e. The summed E-state index contributed by atoms with van der Waals surface area (Å²) >= 11 is 0. The number of fused-ring (bicyclic) bond motifs is 1. The Morgan fingerprint density at radius 3 is 2.75 bits per heavy atom. The molecule has 2 aliphatic rings. The average molecular weight is 275 g/mol. The monoisotopic (exact) mass is 275 g/mol. The quantitative estimate of drug-likeness (QED) is 0.469. The second-order valence-electron chi connectivity index (χ2n) is 4.94. The molecule has 104 valence electrons. The topological polar surface area (TPSA) is 83.8 Å². The molecule has 2 saturated heterocycles. The van der Waals surface area contributed by atoms with Crippen molar-refractivity contribution in [2.45, 2.75) is 25.3 Å². The lowest BCUT2D eigenvalue weighted by Gasteiger charge is -2.25. The van der Waals surface area contributed by atoms with Crippen LogP contribution in [0.5, 0.6) is 0 Å². The van der Waals surface area contributed by atoms with Gasteiger partial charge in [0.1, 0.15) is 6.04 Å². The van der Waals surface area contributed by atoms with Crippen LogP contribution in [0, 0.1) is 10.1 Å². The molecule has 1 unspecified atom stereocenters. The predicted molar refractivity (Wildman–Crippen MR) is 70.3 cm³/mol. The molecule has 2 fully saturated rings. The van der Waals surface area contributed by atoms with Gasteiger partial charge in [0.05, 0.1) is 10.6 Å². The fraction of sp³-hybridized carbons (Fsp3) is 0.385. The van der Waals surface area contributed by atoms with Crippen LogP contribution in [-0.2, 0) is 4.79 Å². The molecule has 1 aromatic carbocycles. The van der Waals surface area contributed by atoms with E-state index in [0.29, 0.717) is 13.0 Å². The standard InChI is InChI=1S/C13H13N3O4/c17-12-11-6-1-2-7-14(11)13(18)15(12)9-4-3-5-10(8-9)16(19)20/h3-5,8,11H,1-2,6-7H2. The van der Waals surface area contributed by atoms with E-state index >= 15 is 0 Å². The number of hydrogen-bond donors (Lipinski definition) is 0. The fourth-order valence-corrected chi connectivity index (χ4v) is 2.77. The van der Waals surface area contributed by atoms with Crippen molar-refractivity contribution in [3.63, 3.8) is 0 Å². The molecular weight excluding hydrogens is 262 g/mol. The van der Waals surface area contributed by atoms with Crippen LogP contribution in [0.1, 0.15) is 19.3 Å². The molecule has 1 atom stereocenters. The first-order valence-electron chi connectivity index (χ1n) is 6.48. The van der Waals surface area contributed by atoms with Gasteiger partial charge in [-0.15, -0.1) is 0 Å². The van der Waals surface area contributed by atoms with Crippen LogP contribution in [0.15, 0.2) is 24.3 Å². The molecule has 0 spiro atoms. The van der Waals surface area contributed by atoms with E-state index in [4.69, 9.17) is 0 Å². The van der Waals surface area contributed by atoms with Gasteiger partial charge in [-0.25, -0.2) is 9.69 Å². The van der Waals surface area contributed by atoms with Crippen molar-refractivity contribution < 1.29 is 14.5 Å². The molecule has 0 bridgehead atoms. The number of hydrogen-bond acceptors (Lipinski definition) is 4. The van der Waals surface area contributed by atoms with Crippen molar-refractivity contribution >= 4 is 23.3 Å². The van der Waals surface area contributed by atoms with Crippen molar-refractivity contribution in [2.24, 2.45) is 0 Å². The van der Waals surface area contributed by atoms with Crippen LogP contribution in [0.25, 0.3) is 0 Å². The number of nitro benzene ring substituents is 1. The summed E-state index contributed by atoms with van der Waals surface area (Å²) in [4.78, 5) is 37.5. The van der Waals surface area contributed by atoms with Crippen LogP contribution >= 0.6 is 0 Å². The molecule has 0 saturated carbocycles. The number of imide groups is 1. The lowest BCUT2D eigenvalue weighted by atomic mass is 10.0. The summed E-state index contributed by atoms with van der Waals surface area (Å²) in [5.41, 5.74) is 0.136. The third-order valence-electron chi connectivity index (χ3n) is 3.74. The van der Waals surface area contributed by atoms with Crippen LogP contribution in [-0.4, -0.2) is 34.3 Å². The highest BCUT2D eigenvalue weighted by Crippen LogP contribution is 2.31. The smallest absolute Gasteiger partial charge is 0.312 e. The van der Waals surface area contributed by atoms with Gasteiger partial charge < -0.3 is 4.90 Å². The molecule has 7 nitrogen and oxygen atoms in total. The maximum Gasteiger partial charge on any atom is 0.332 e. The van der Waals surface area contributed by atoms with Crippen molar-refractivity contribution in [3.05, 3.63) is 34.4 Å². The van der Waals surface area contributed by atoms with E-state index in [1.807, 2.05) is 0 Å². The first-order valence-corrected chi connectivity index (χ1v) is 6.48. The van der Waals surface area contributed by atoms with Crippen molar-refractivity contribution in [1.29, 1.82) is 0 Å². The van der Waals surface area contributed by atoms with E-state index in [1.165, 1.54) is 18.2 Å². The molecule has 0 radical (unpaired) electrons. The molecule has 1 aromatic rings. The second kappa shape index (κ2) is 4.59. The minimum atomic E-state index is -0.540. The lowest BCUT2D eigenvalue weighted by Crippen LogP contribution is -2.39. The summed E-state index contributed by atoms with van der Waals surface area (Å²) in [7, 11) is 0. The number of nitro groups is 1. The van der Waals surface area contributed by atoms with Gasteiger partial charge in [0, 0.05) is 18.7 Å². The summed E-state index contributed by atoms with van der Waals surface area (Å²) < 4.78 is 0. The zero-order valence-electron chi connectivity index (χ0n) is 10.7. The van der Waals surface area contributed by atoms with Gasteiger partial charge in [0.2, 0.25) is 0 Å². The van der Waals surface area contributed by atoms with Crippen LogP contribution in [0.3, 0.4) is 0 Å². The van der Waals surface area contributed by atoms with Crippen LogP contribution in [0.2, 0.25) is 0 Å². The van der Waals surface area contributed by atoms with Crippen molar-refractivity contribution in [3.8, 4) is 0 Å². The summed E-state index contributed by atoms with van der Waals surface area (Å²) in [5, 5.41) is 10.8. The van der Waals surface area contributed by atoms with Crippen LogP contribution < -0.4 is 4.90 Å². The first kappa shape index (κ1) is 12.6. The molecule has 2 heterocycles. The van der Waals surface area contributed by atoms with E-state index in [-0.39, 0.29) is 23.3 Å². The van der Waals surface area contributed by atoms with Crippen molar-refractivity contribution in [2.75, 3.05) is 11.4 Å². The molecule has 20 heavy (non-hydrogen) atoms. The molecule has 3 amide bonds. The normalized spacial score (nSPS) is 22.1. The highest BCUT2D eigenvalue weighted by molar-refractivity contribution is 6.21. The molecule has 2 aliphatic heterocycles. The Morgan fingerprint density at radius 1 is 1.25 bits per heavy atom. The number of urea groups is 1. The van der Waals surface area contributed by atoms with Gasteiger partial charge >= 0.3 is 6.03 Å². The van der Waals surface area contributed by atoms with E-state index in [2.05, 4.69) is 0 Å². The molecule has 7 heteroatoms. The van der Waals surface area contributed by atoms with E-state index in [9.17, 15) is 19.7 Å². The minimum absolute atomic E-state index is 0.132. The maximum atomic E-state index is 12.3. The fourth-order valence-electron chi connectivity index (χ4n) is 2.77. The SMILES string of the molecule is O=C1C2CCCCN2C(=O)N1c1cccc([N+](=O)[O-])c1. The number of piperidine rings is 1. The predicted octanol–water partition coefficient (Wildman–Crippen LogP) is 1.92. The molecule has 3 rings (SSSR count). The summed E-state index contributed by atoms with van der Waals surface area (Å²) in [6, 6.07) is 4.83. The third-order valence-corrected chi connectivity index (χ3v) is 3.74. The van der Waals surface area contributed by atoms with Gasteiger partial charge in [-0.05, 0) is 25.3 Å². The maximum absolute atomic E-state index is 12.3. The third kappa shape index (κ3) is 1.82. The molecule has 0 aliphatic carbocycles. The first-order chi connectivity index (χ1) is 9.59. The average Bonchev–Trinajstić information content (AvgIpc) is 2.72. The van der Waals surface area contributed by atoms with Gasteiger partial charge in [0.15, 0.2) is 0 Å². The van der Waals surface area contributed by atoms with E-state index < -0.39 is 11.0 Å². The van der Waals surface area contributed by atoms with Gasteiger partial charge in [-0.2, -0.15) is 0 Å². The van der Waals surface area contributed by atoms with Gasteiger partial charge in [-0.3, -0.25) is 14.9 Å². The second-order valence-corrected chi connectivity index (χ2v) is 4.94. The Bertz CT molecular complexity index is 577. The highest BCUT2D eigenvalue weighted by Gasteiger charge is 2.46. The number of rotatable bonds is 2. The zero-order valence-corrected chi connectivity index (χ0v) is 10.7. The molecule has 0 aromatic heterocycles. The number of nitrogens with zero attached hydrogens (tertiary/aromatic N) is 3. The Kier molecular flexibility index (Phi) is 2.89. The molecule has 0 N–H and O–H groups in total. The number of non-ortho nitro benzene ring substituents is 1. The molecular formula is C13H13N3O4. The highest BCUT2D eigenvalue weighted by atomic mass is 16.6. The van der Waals surface area contributed by atoms with E-state index in [0.717, 1.165) is 17.7 Å².